The minimum atomic E-state index is -1.42. The number of carboxylic acids is 1. The Morgan fingerprint density at radius 1 is 1.42 bits per heavy atom. The Morgan fingerprint density at radius 2 is 2.05 bits per heavy atom. The molecule has 0 fully saturated rings. The van der Waals surface area contributed by atoms with Gasteiger partial charge in [0.15, 0.2) is 6.04 Å². The normalized spacial score (nSPS) is 11.7. The molecule has 2 amide bonds. The number of hydrogen-bond donors (Lipinski definition) is 3. The first-order valence-corrected chi connectivity index (χ1v) is 5.67. The van der Waals surface area contributed by atoms with E-state index in [1.165, 1.54) is 18.2 Å². The Hall–Kier alpha value is -2.15. The summed E-state index contributed by atoms with van der Waals surface area (Å²) in [5, 5.41) is 19.7. The number of urea groups is 1. The van der Waals surface area contributed by atoms with E-state index in [4.69, 9.17) is 10.2 Å². The number of rotatable bonds is 5. The van der Waals surface area contributed by atoms with Gasteiger partial charge in [0.25, 0.3) is 0 Å². The SMILES string of the molecule is CCN(C(=O)N[C@@H](CO)C(=O)O)c1ccccc1F. The monoisotopic (exact) mass is 270 g/mol. The highest BCUT2D eigenvalue weighted by molar-refractivity contribution is 5.94. The number of para-hydroxylation sites is 1. The molecular formula is C12H15FN2O4. The first kappa shape index (κ1) is 14.9. The molecule has 0 bridgehead atoms. The smallest absolute Gasteiger partial charge is 0.328 e. The van der Waals surface area contributed by atoms with Crippen LogP contribution >= 0.6 is 0 Å². The molecule has 0 spiro atoms. The molecule has 1 atom stereocenters. The van der Waals surface area contributed by atoms with E-state index in [1.54, 1.807) is 13.0 Å². The zero-order valence-electron chi connectivity index (χ0n) is 10.3. The Morgan fingerprint density at radius 3 is 2.53 bits per heavy atom. The van der Waals surface area contributed by atoms with Crippen LogP contribution in [0.2, 0.25) is 0 Å². The Labute approximate surface area is 109 Å². The van der Waals surface area contributed by atoms with E-state index < -0.39 is 30.5 Å². The number of aliphatic carboxylic acids is 1. The summed E-state index contributed by atoms with van der Waals surface area (Å²) >= 11 is 0. The van der Waals surface area contributed by atoms with Gasteiger partial charge in [-0.2, -0.15) is 0 Å². The molecule has 0 aliphatic rings. The molecule has 0 aliphatic heterocycles. The van der Waals surface area contributed by atoms with E-state index in [0.717, 1.165) is 4.90 Å². The molecule has 0 saturated carbocycles. The van der Waals surface area contributed by atoms with Gasteiger partial charge in [-0.25, -0.2) is 14.0 Å². The average Bonchev–Trinajstić information content (AvgIpc) is 2.38. The third-order valence-corrected chi connectivity index (χ3v) is 2.48. The summed E-state index contributed by atoms with van der Waals surface area (Å²) in [5.74, 6) is -1.95. The number of anilines is 1. The van der Waals surface area contributed by atoms with Crippen molar-refractivity contribution in [1.29, 1.82) is 0 Å². The summed E-state index contributed by atoms with van der Waals surface area (Å²) in [6, 6.07) is 3.45. The van der Waals surface area contributed by atoms with Crippen molar-refractivity contribution in [1.82, 2.24) is 5.32 Å². The molecule has 104 valence electrons. The number of amides is 2. The van der Waals surface area contributed by atoms with E-state index in [-0.39, 0.29) is 12.2 Å². The number of carbonyl (C=O) groups excluding carboxylic acids is 1. The number of carboxylic acid groups (broad SMARTS) is 1. The highest BCUT2D eigenvalue weighted by Gasteiger charge is 2.23. The molecule has 19 heavy (non-hydrogen) atoms. The van der Waals surface area contributed by atoms with Gasteiger partial charge in [0.1, 0.15) is 5.82 Å². The lowest BCUT2D eigenvalue weighted by atomic mass is 10.2. The second-order valence-electron chi connectivity index (χ2n) is 3.72. The van der Waals surface area contributed by atoms with Crippen LogP contribution in [0.5, 0.6) is 0 Å². The van der Waals surface area contributed by atoms with Crippen LogP contribution in [0, 0.1) is 5.82 Å². The average molecular weight is 270 g/mol. The number of halogens is 1. The Bertz CT molecular complexity index is 467. The van der Waals surface area contributed by atoms with Gasteiger partial charge in [0, 0.05) is 6.54 Å². The first-order chi connectivity index (χ1) is 9.01. The van der Waals surface area contributed by atoms with Crippen LogP contribution in [0.3, 0.4) is 0 Å². The molecule has 6 nitrogen and oxygen atoms in total. The maximum absolute atomic E-state index is 13.6. The molecule has 0 saturated heterocycles. The minimum Gasteiger partial charge on any atom is -0.480 e. The highest BCUT2D eigenvalue weighted by Crippen LogP contribution is 2.18. The summed E-state index contributed by atoms with van der Waals surface area (Å²) in [4.78, 5) is 23.6. The second-order valence-corrected chi connectivity index (χ2v) is 3.72. The highest BCUT2D eigenvalue weighted by atomic mass is 19.1. The van der Waals surface area contributed by atoms with E-state index in [9.17, 15) is 14.0 Å². The molecule has 1 rings (SSSR count). The summed E-state index contributed by atoms with van der Waals surface area (Å²) in [5.41, 5.74) is 0.0459. The Balaban J connectivity index is 2.89. The topological polar surface area (TPSA) is 89.9 Å². The standard InChI is InChI=1S/C12H15FN2O4/c1-2-15(10-6-4-3-5-8(10)13)12(19)14-9(7-16)11(17)18/h3-6,9,16H,2,7H2,1H3,(H,14,19)(H,17,18)/t9-/m0/s1. The number of aliphatic hydroxyl groups is 1. The largest absolute Gasteiger partial charge is 0.480 e. The number of hydrogen-bond acceptors (Lipinski definition) is 3. The third kappa shape index (κ3) is 3.65. The lowest BCUT2D eigenvalue weighted by Crippen LogP contribution is -2.49. The molecule has 0 heterocycles. The van der Waals surface area contributed by atoms with Crippen LogP contribution in [0.15, 0.2) is 24.3 Å². The zero-order chi connectivity index (χ0) is 14.4. The lowest BCUT2D eigenvalue weighted by Gasteiger charge is -2.23. The molecule has 0 unspecified atom stereocenters. The summed E-state index contributed by atoms with van der Waals surface area (Å²) in [6.45, 7) is 1.04. The maximum atomic E-state index is 13.6. The zero-order valence-corrected chi connectivity index (χ0v) is 10.3. The molecular weight excluding hydrogens is 255 g/mol. The summed E-state index contributed by atoms with van der Waals surface area (Å²) in [7, 11) is 0. The van der Waals surface area contributed by atoms with Crippen LogP contribution in [0.1, 0.15) is 6.92 Å². The van der Waals surface area contributed by atoms with Crippen LogP contribution in [0.4, 0.5) is 14.9 Å². The van der Waals surface area contributed by atoms with Crippen LogP contribution in [0.25, 0.3) is 0 Å². The lowest BCUT2D eigenvalue weighted by molar-refractivity contribution is -0.140. The Kier molecular flexibility index (Phi) is 5.25. The van der Waals surface area contributed by atoms with Gasteiger partial charge in [0.05, 0.1) is 12.3 Å². The van der Waals surface area contributed by atoms with Crippen molar-refractivity contribution >= 4 is 17.7 Å². The van der Waals surface area contributed by atoms with Gasteiger partial charge in [-0.05, 0) is 19.1 Å². The van der Waals surface area contributed by atoms with E-state index >= 15 is 0 Å². The maximum Gasteiger partial charge on any atom is 0.328 e. The van der Waals surface area contributed by atoms with Crippen molar-refractivity contribution in [2.45, 2.75) is 13.0 Å². The fraction of sp³-hybridized carbons (Fsp3) is 0.333. The van der Waals surface area contributed by atoms with Gasteiger partial charge < -0.3 is 15.5 Å². The fourth-order valence-electron chi connectivity index (χ4n) is 1.51. The number of nitrogens with one attached hydrogen (secondary N) is 1. The molecule has 7 heteroatoms. The van der Waals surface area contributed by atoms with Gasteiger partial charge in [-0.3, -0.25) is 4.90 Å². The van der Waals surface area contributed by atoms with Gasteiger partial charge >= 0.3 is 12.0 Å². The number of nitrogens with zero attached hydrogens (tertiary/aromatic N) is 1. The van der Waals surface area contributed by atoms with Gasteiger partial charge in [-0.1, -0.05) is 12.1 Å². The van der Waals surface area contributed by atoms with Gasteiger partial charge in [-0.15, -0.1) is 0 Å². The molecule has 3 N–H and O–H groups in total. The molecule has 1 aromatic rings. The number of benzene rings is 1. The van der Waals surface area contributed by atoms with Crippen molar-refractivity contribution in [2.24, 2.45) is 0 Å². The van der Waals surface area contributed by atoms with Crippen molar-refractivity contribution in [3.05, 3.63) is 30.1 Å². The van der Waals surface area contributed by atoms with Crippen molar-refractivity contribution in [3.63, 3.8) is 0 Å². The third-order valence-electron chi connectivity index (χ3n) is 2.48. The van der Waals surface area contributed by atoms with Crippen LogP contribution in [-0.2, 0) is 4.79 Å². The fourth-order valence-corrected chi connectivity index (χ4v) is 1.51. The molecule has 0 radical (unpaired) electrons. The first-order valence-electron chi connectivity index (χ1n) is 5.67. The molecule has 1 aromatic carbocycles. The summed E-state index contributed by atoms with van der Waals surface area (Å²) < 4.78 is 13.6. The second kappa shape index (κ2) is 6.69. The van der Waals surface area contributed by atoms with E-state index in [1.807, 2.05) is 0 Å². The molecule has 0 aromatic heterocycles. The summed E-state index contributed by atoms with van der Waals surface area (Å²) in [6.07, 6.45) is 0. The molecule has 0 aliphatic carbocycles. The van der Waals surface area contributed by atoms with Crippen LogP contribution < -0.4 is 10.2 Å². The van der Waals surface area contributed by atoms with Crippen molar-refractivity contribution < 1.29 is 24.2 Å². The number of aliphatic hydroxyl groups excluding tert-OH is 1. The van der Waals surface area contributed by atoms with Crippen molar-refractivity contribution in [3.8, 4) is 0 Å². The van der Waals surface area contributed by atoms with Crippen molar-refractivity contribution in [2.75, 3.05) is 18.1 Å². The van der Waals surface area contributed by atoms with E-state index in [2.05, 4.69) is 5.32 Å². The van der Waals surface area contributed by atoms with Crippen LogP contribution in [-0.4, -0.2) is 41.4 Å². The number of carbonyl (C=O) groups is 2. The quantitative estimate of drug-likeness (QED) is 0.738. The van der Waals surface area contributed by atoms with E-state index in [0.29, 0.717) is 0 Å². The van der Waals surface area contributed by atoms with Gasteiger partial charge in [0.2, 0.25) is 0 Å². The predicted molar refractivity (Wildman–Crippen MR) is 66.5 cm³/mol. The minimum absolute atomic E-state index is 0.0459. The predicted octanol–water partition coefficient (Wildman–Crippen LogP) is 0.807.